The standard InChI is InChI=1S/C18H18N2O3/c1-13(21)20-12-17(23-16-10-6-5-9-15(16)20)18(22)19-11-14-7-3-2-4-8-14/h2-10,17H,11-12H2,1H3,(H,19,22). The second-order valence-electron chi connectivity index (χ2n) is 5.41. The number of hydrogen-bond acceptors (Lipinski definition) is 3. The Bertz CT molecular complexity index is 715. The fraction of sp³-hybridized carbons (Fsp3) is 0.222. The van der Waals surface area contributed by atoms with E-state index in [0.717, 1.165) is 5.56 Å². The predicted octanol–water partition coefficient (Wildman–Crippen LogP) is 2.12. The molecular formula is C18H18N2O3. The molecule has 1 atom stereocenters. The summed E-state index contributed by atoms with van der Waals surface area (Å²) in [5, 5.41) is 2.86. The molecule has 0 aliphatic carbocycles. The Labute approximate surface area is 134 Å². The summed E-state index contributed by atoms with van der Waals surface area (Å²) in [7, 11) is 0. The maximum atomic E-state index is 12.4. The monoisotopic (exact) mass is 310 g/mol. The molecule has 1 aliphatic heterocycles. The van der Waals surface area contributed by atoms with Crippen LogP contribution in [0.5, 0.6) is 5.75 Å². The van der Waals surface area contributed by atoms with Crippen LogP contribution >= 0.6 is 0 Å². The molecule has 1 N–H and O–H groups in total. The number of fused-ring (bicyclic) bond motifs is 1. The molecule has 5 heteroatoms. The molecule has 5 nitrogen and oxygen atoms in total. The van der Waals surface area contributed by atoms with Gasteiger partial charge >= 0.3 is 0 Å². The average molecular weight is 310 g/mol. The van der Waals surface area contributed by atoms with E-state index in [1.165, 1.54) is 6.92 Å². The lowest BCUT2D eigenvalue weighted by atomic mass is 10.1. The van der Waals surface area contributed by atoms with Crippen LogP contribution in [0.1, 0.15) is 12.5 Å². The molecule has 23 heavy (non-hydrogen) atoms. The summed E-state index contributed by atoms with van der Waals surface area (Å²) in [6, 6.07) is 16.9. The van der Waals surface area contributed by atoms with Crippen LogP contribution in [-0.2, 0) is 16.1 Å². The first-order valence-electron chi connectivity index (χ1n) is 7.50. The molecule has 0 saturated carbocycles. The molecule has 2 aromatic carbocycles. The molecule has 0 saturated heterocycles. The highest BCUT2D eigenvalue weighted by atomic mass is 16.5. The van der Waals surface area contributed by atoms with E-state index >= 15 is 0 Å². The van der Waals surface area contributed by atoms with Gasteiger partial charge in [0.05, 0.1) is 12.2 Å². The highest BCUT2D eigenvalue weighted by Crippen LogP contribution is 2.33. The van der Waals surface area contributed by atoms with Gasteiger partial charge in [0.15, 0.2) is 6.10 Å². The molecule has 2 aromatic rings. The molecular weight excluding hydrogens is 292 g/mol. The lowest BCUT2D eigenvalue weighted by Crippen LogP contribution is -2.50. The third-order valence-corrected chi connectivity index (χ3v) is 3.76. The molecule has 0 radical (unpaired) electrons. The lowest BCUT2D eigenvalue weighted by Gasteiger charge is -2.33. The molecule has 0 fully saturated rings. The van der Waals surface area contributed by atoms with Crippen molar-refractivity contribution in [3.05, 3.63) is 60.2 Å². The van der Waals surface area contributed by atoms with Crippen LogP contribution < -0.4 is 15.0 Å². The fourth-order valence-electron chi connectivity index (χ4n) is 2.57. The van der Waals surface area contributed by atoms with E-state index in [0.29, 0.717) is 18.0 Å². The van der Waals surface area contributed by atoms with E-state index in [-0.39, 0.29) is 18.4 Å². The second kappa shape index (κ2) is 6.52. The van der Waals surface area contributed by atoms with Gasteiger partial charge in [-0.3, -0.25) is 9.59 Å². The SMILES string of the molecule is CC(=O)N1CC(C(=O)NCc2ccccc2)Oc2ccccc21. The maximum Gasteiger partial charge on any atom is 0.263 e. The molecule has 1 aliphatic rings. The van der Waals surface area contributed by atoms with Gasteiger partial charge in [0.1, 0.15) is 5.75 Å². The highest BCUT2D eigenvalue weighted by molar-refractivity contribution is 5.95. The Morgan fingerprint density at radius 3 is 2.57 bits per heavy atom. The zero-order chi connectivity index (χ0) is 16.2. The third kappa shape index (κ3) is 3.34. The first kappa shape index (κ1) is 15.1. The number of para-hydroxylation sites is 2. The molecule has 0 aromatic heterocycles. The third-order valence-electron chi connectivity index (χ3n) is 3.76. The van der Waals surface area contributed by atoms with Crippen molar-refractivity contribution in [3.8, 4) is 5.75 Å². The van der Waals surface area contributed by atoms with E-state index in [1.54, 1.807) is 11.0 Å². The number of nitrogens with one attached hydrogen (secondary N) is 1. The summed E-state index contributed by atoms with van der Waals surface area (Å²) in [5.74, 6) is 0.213. The average Bonchev–Trinajstić information content (AvgIpc) is 2.59. The van der Waals surface area contributed by atoms with Gasteiger partial charge in [-0.1, -0.05) is 42.5 Å². The van der Waals surface area contributed by atoms with Gasteiger partial charge in [0, 0.05) is 13.5 Å². The Kier molecular flexibility index (Phi) is 4.28. The van der Waals surface area contributed by atoms with Gasteiger partial charge in [-0.2, -0.15) is 0 Å². The van der Waals surface area contributed by atoms with Crippen molar-refractivity contribution in [2.24, 2.45) is 0 Å². The summed E-state index contributed by atoms with van der Waals surface area (Å²) in [6.45, 7) is 2.13. The Balaban J connectivity index is 1.71. The van der Waals surface area contributed by atoms with Crippen molar-refractivity contribution >= 4 is 17.5 Å². The number of amides is 2. The van der Waals surface area contributed by atoms with Crippen molar-refractivity contribution < 1.29 is 14.3 Å². The van der Waals surface area contributed by atoms with Crippen LogP contribution in [0.4, 0.5) is 5.69 Å². The van der Waals surface area contributed by atoms with Gasteiger partial charge in [0.25, 0.3) is 5.91 Å². The van der Waals surface area contributed by atoms with E-state index < -0.39 is 6.10 Å². The van der Waals surface area contributed by atoms with Gasteiger partial charge < -0.3 is 15.0 Å². The Hall–Kier alpha value is -2.82. The molecule has 3 rings (SSSR count). The van der Waals surface area contributed by atoms with E-state index in [2.05, 4.69) is 5.32 Å². The summed E-state index contributed by atoms with van der Waals surface area (Å²) in [6.07, 6.45) is -0.711. The van der Waals surface area contributed by atoms with Crippen molar-refractivity contribution in [2.45, 2.75) is 19.6 Å². The summed E-state index contributed by atoms with van der Waals surface area (Å²) >= 11 is 0. The number of ether oxygens (including phenoxy) is 1. The highest BCUT2D eigenvalue weighted by Gasteiger charge is 2.32. The number of carbonyl (C=O) groups is 2. The number of anilines is 1. The van der Waals surface area contributed by atoms with Crippen LogP contribution in [-0.4, -0.2) is 24.5 Å². The van der Waals surface area contributed by atoms with Crippen molar-refractivity contribution in [1.29, 1.82) is 0 Å². The van der Waals surface area contributed by atoms with E-state index in [9.17, 15) is 9.59 Å². The first-order valence-corrected chi connectivity index (χ1v) is 7.50. The minimum Gasteiger partial charge on any atom is -0.477 e. The molecule has 1 unspecified atom stereocenters. The second-order valence-corrected chi connectivity index (χ2v) is 5.41. The Morgan fingerprint density at radius 2 is 1.83 bits per heavy atom. The van der Waals surface area contributed by atoms with Gasteiger partial charge in [-0.15, -0.1) is 0 Å². The Morgan fingerprint density at radius 1 is 1.13 bits per heavy atom. The van der Waals surface area contributed by atoms with Crippen LogP contribution in [0.2, 0.25) is 0 Å². The number of hydrogen-bond donors (Lipinski definition) is 1. The molecule has 0 bridgehead atoms. The molecule has 1 heterocycles. The number of rotatable bonds is 3. The smallest absolute Gasteiger partial charge is 0.263 e. The number of nitrogens with zero attached hydrogens (tertiary/aromatic N) is 1. The minimum absolute atomic E-state index is 0.110. The lowest BCUT2D eigenvalue weighted by molar-refractivity contribution is -0.128. The van der Waals surface area contributed by atoms with E-state index in [1.807, 2.05) is 48.5 Å². The molecule has 0 spiro atoms. The maximum absolute atomic E-state index is 12.4. The zero-order valence-electron chi connectivity index (χ0n) is 12.9. The fourth-order valence-corrected chi connectivity index (χ4v) is 2.57. The van der Waals surface area contributed by atoms with Crippen LogP contribution in [0.15, 0.2) is 54.6 Å². The summed E-state index contributed by atoms with van der Waals surface area (Å²) in [5.41, 5.74) is 1.72. The van der Waals surface area contributed by atoms with Crippen LogP contribution in [0, 0.1) is 0 Å². The topological polar surface area (TPSA) is 58.6 Å². The van der Waals surface area contributed by atoms with Crippen molar-refractivity contribution in [3.63, 3.8) is 0 Å². The largest absolute Gasteiger partial charge is 0.477 e. The van der Waals surface area contributed by atoms with Crippen LogP contribution in [0.3, 0.4) is 0 Å². The number of benzene rings is 2. The van der Waals surface area contributed by atoms with E-state index in [4.69, 9.17) is 4.74 Å². The number of carbonyl (C=O) groups excluding carboxylic acids is 2. The first-order chi connectivity index (χ1) is 11.1. The summed E-state index contributed by atoms with van der Waals surface area (Å²) < 4.78 is 5.76. The van der Waals surface area contributed by atoms with Gasteiger partial charge in [0.2, 0.25) is 5.91 Å². The molecule has 118 valence electrons. The zero-order valence-corrected chi connectivity index (χ0v) is 12.9. The van der Waals surface area contributed by atoms with Crippen LogP contribution in [0.25, 0.3) is 0 Å². The quantitative estimate of drug-likeness (QED) is 0.944. The van der Waals surface area contributed by atoms with Gasteiger partial charge in [-0.25, -0.2) is 0 Å². The minimum atomic E-state index is -0.711. The van der Waals surface area contributed by atoms with Crippen molar-refractivity contribution in [2.75, 3.05) is 11.4 Å². The normalized spacial score (nSPS) is 16.2. The predicted molar refractivity (Wildman–Crippen MR) is 87.2 cm³/mol. The van der Waals surface area contributed by atoms with Gasteiger partial charge in [-0.05, 0) is 17.7 Å². The van der Waals surface area contributed by atoms with Crippen molar-refractivity contribution in [1.82, 2.24) is 5.32 Å². The molecule has 2 amide bonds. The summed E-state index contributed by atoms with van der Waals surface area (Å²) in [4.78, 5) is 25.8.